The van der Waals surface area contributed by atoms with Gasteiger partial charge in [0.05, 0.1) is 33.8 Å². The Balaban J connectivity index is 1.39. The van der Waals surface area contributed by atoms with Crippen LogP contribution in [-0.4, -0.2) is 22.5 Å². The maximum absolute atomic E-state index is 13.7. The fraction of sp³-hybridized carbons (Fsp3) is 0.0938. The zero-order chi connectivity index (χ0) is 30.1. The monoisotopic (exact) mass is 695 g/mol. The molecule has 0 saturated carbocycles. The van der Waals surface area contributed by atoms with Gasteiger partial charge in [0.25, 0.3) is 5.56 Å². The SMILES string of the molecule is CCOc1cc(C=Nn2c(-c3cc4cc(Cl)ccc4o3)nc3ccccc3c2=O)c(Br)cc1OCc1ccc(Cl)c(Cl)c1. The third kappa shape index (κ3) is 6.15. The van der Waals surface area contributed by atoms with Gasteiger partial charge in [-0.2, -0.15) is 9.78 Å². The topological polar surface area (TPSA) is 78.9 Å². The minimum Gasteiger partial charge on any atom is -0.490 e. The van der Waals surface area contributed by atoms with Crippen molar-refractivity contribution in [2.24, 2.45) is 5.10 Å². The maximum atomic E-state index is 13.7. The summed E-state index contributed by atoms with van der Waals surface area (Å²) in [7, 11) is 0. The zero-order valence-corrected chi connectivity index (χ0v) is 26.3. The molecule has 0 bridgehead atoms. The predicted octanol–water partition coefficient (Wildman–Crippen LogP) is 9.39. The van der Waals surface area contributed by atoms with Crippen LogP contribution in [0, 0.1) is 0 Å². The third-order valence-corrected chi connectivity index (χ3v) is 8.17. The van der Waals surface area contributed by atoms with E-state index >= 15 is 0 Å². The first-order valence-corrected chi connectivity index (χ1v) is 15.0. The molecule has 2 aromatic heterocycles. The number of benzene rings is 4. The molecule has 0 unspecified atom stereocenters. The van der Waals surface area contributed by atoms with E-state index in [0.717, 1.165) is 10.9 Å². The van der Waals surface area contributed by atoms with Crippen molar-refractivity contribution in [1.29, 1.82) is 0 Å². The minimum atomic E-state index is -0.349. The van der Waals surface area contributed by atoms with Crippen LogP contribution < -0.4 is 15.0 Å². The number of rotatable bonds is 8. The quantitative estimate of drug-likeness (QED) is 0.148. The highest BCUT2D eigenvalue weighted by atomic mass is 79.9. The first kappa shape index (κ1) is 29.3. The van der Waals surface area contributed by atoms with Crippen LogP contribution in [0.3, 0.4) is 0 Å². The molecule has 2 heterocycles. The van der Waals surface area contributed by atoms with Crippen LogP contribution in [0.1, 0.15) is 18.1 Å². The Kier molecular flexibility index (Phi) is 8.45. The molecule has 0 amide bonds. The summed E-state index contributed by atoms with van der Waals surface area (Å²) in [4.78, 5) is 18.4. The van der Waals surface area contributed by atoms with Crippen LogP contribution in [0.25, 0.3) is 33.5 Å². The summed E-state index contributed by atoms with van der Waals surface area (Å²) in [5.41, 5.74) is 2.28. The zero-order valence-electron chi connectivity index (χ0n) is 22.5. The Labute approximate surface area is 269 Å². The molecular formula is C32H21BrCl3N3O4. The third-order valence-electron chi connectivity index (χ3n) is 6.51. The van der Waals surface area contributed by atoms with Gasteiger partial charge < -0.3 is 13.9 Å². The van der Waals surface area contributed by atoms with Crippen molar-refractivity contribution in [1.82, 2.24) is 9.66 Å². The Bertz CT molecular complexity index is 2090. The van der Waals surface area contributed by atoms with Crippen LogP contribution in [-0.2, 0) is 6.61 Å². The van der Waals surface area contributed by atoms with Gasteiger partial charge in [0.15, 0.2) is 17.3 Å². The van der Waals surface area contributed by atoms with Crippen LogP contribution in [0.15, 0.2) is 97.6 Å². The molecule has 4 aromatic carbocycles. The summed E-state index contributed by atoms with van der Waals surface area (Å²) in [5, 5.41) is 7.26. The lowest BCUT2D eigenvalue weighted by atomic mass is 10.2. The van der Waals surface area contributed by atoms with E-state index in [1.807, 2.05) is 19.1 Å². The number of fused-ring (bicyclic) bond motifs is 2. The van der Waals surface area contributed by atoms with Crippen molar-refractivity contribution in [3.63, 3.8) is 0 Å². The van der Waals surface area contributed by atoms with E-state index in [1.54, 1.807) is 72.9 Å². The fourth-order valence-electron chi connectivity index (χ4n) is 4.46. The molecule has 0 aliphatic heterocycles. The van der Waals surface area contributed by atoms with Gasteiger partial charge in [0, 0.05) is 20.4 Å². The van der Waals surface area contributed by atoms with Crippen LogP contribution in [0.2, 0.25) is 15.1 Å². The molecule has 0 N–H and O–H groups in total. The van der Waals surface area contributed by atoms with Crippen molar-refractivity contribution in [3.8, 4) is 23.1 Å². The Morgan fingerprint density at radius 1 is 0.953 bits per heavy atom. The largest absolute Gasteiger partial charge is 0.490 e. The van der Waals surface area contributed by atoms with E-state index < -0.39 is 0 Å². The molecule has 0 radical (unpaired) electrons. The van der Waals surface area contributed by atoms with Crippen molar-refractivity contribution in [2.75, 3.05) is 6.61 Å². The molecule has 6 aromatic rings. The smallest absolute Gasteiger partial charge is 0.282 e. The van der Waals surface area contributed by atoms with Gasteiger partial charge >= 0.3 is 0 Å². The van der Waals surface area contributed by atoms with Crippen LogP contribution >= 0.6 is 50.7 Å². The minimum absolute atomic E-state index is 0.245. The second kappa shape index (κ2) is 12.4. The molecule has 0 aliphatic rings. The Morgan fingerprint density at radius 3 is 2.58 bits per heavy atom. The highest BCUT2D eigenvalue weighted by Gasteiger charge is 2.17. The molecule has 6 rings (SSSR count). The van der Waals surface area contributed by atoms with Gasteiger partial charge in [-0.15, -0.1) is 0 Å². The molecule has 0 saturated heterocycles. The first-order chi connectivity index (χ1) is 20.8. The summed E-state index contributed by atoms with van der Waals surface area (Å²) in [6, 6.07) is 23.1. The lowest BCUT2D eigenvalue weighted by Gasteiger charge is -2.14. The average molecular weight is 698 g/mol. The number of nitrogens with zero attached hydrogens (tertiary/aromatic N) is 3. The van der Waals surface area contributed by atoms with Gasteiger partial charge in [-0.25, -0.2) is 4.98 Å². The second-order valence-corrected chi connectivity index (χ2v) is 11.5. The lowest BCUT2D eigenvalue weighted by molar-refractivity contribution is 0.269. The number of aromatic nitrogens is 2. The van der Waals surface area contributed by atoms with E-state index in [-0.39, 0.29) is 18.0 Å². The average Bonchev–Trinajstić information content (AvgIpc) is 3.42. The first-order valence-electron chi connectivity index (χ1n) is 13.1. The normalized spacial score (nSPS) is 11.6. The fourth-order valence-corrected chi connectivity index (χ4v) is 5.38. The predicted molar refractivity (Wildman–Crippen MR) is 175 cm³/mol. The van der Waals surface area contributed by atoms with Gasteiger partial charge in [0.2, 0.25) is 5.82 Å². The molecule has 11 heteroatoms. The number of hydrogen-bond acceptors (Lipinski definition) is 6. The molecule has 0 atom stereocenters. The molecule has 0 spiro atoms. The van der Waals surface area contributed by atoms with E-state index in [9.17, 15) is 4.79 Å². The number of hydrogen-bond donors (Lipinski definition) is 0. The van der Waals surface area contributed by atoms with Crippen LogP contribution in [0.5, 0.6) is 11.5 Å². The summed E-state index contributed by atoms with van der Waals surface area (Å²) in [6.45, 7) is 2.54. The van der Waals surface area contributed by atoms with Crippen molar-refractivity contribution < 1.29 is 13.9 Å². The summed E-state index contributed by atoms with van der Waals surface area (Å²) in [5.74, 6) is 1.64. The molecule has 7 nitrogen and oxygen atoms in total. The van der Waals surface area contributed by atoms with Gasteiger partial charge in [0.1, 0.15) is 12.2 Å². The number of furan rings is 1. The van der Waals surface area contributed by atoms with Crippen molar-refractivity contribution in [3.05, 3.63) is 120 Å². The van der Waals surface area contributed by atoms with E-state index in [0.29, 0.717) is 65.5 Å². The molecular weight excluding hydrogens is 677 g/mol. The molecule has 216 valence electrons. The van der Waals surface area contributed by atoms with Gasteiger partial charge in [-0.05, 0) is 89.1 Å². The van der Waals surface area contributed by atoms with E-state index in [1.165, 1.54) is 4.68 Å². The molecule has 43 heavy (non-hydrogen) atoms. The summed E-state index contributed by atoms with van der Waals surface area (Å²) < 4.78 is 19.9. The van der Waals surface area contributed by atoms with Crippen molar-refractivity contribution in [2.45, 2.75) is 13.5 Å². The standard InChI is InChI=1S/C32H21BrCl3N3O4/c1-2-41-28-14-20(23(33)15-29(28)42-17-18-7-9-24(35)25(36)11-18)16-37-39-31(38-26-6-4-3-5-22(26)32(39)40)30-13-19-12-21(34)8-10-27(19)43-30/h3-16H,2,17H2,1H3. The highest BCUT2D eigenvalue weighted by Crippen LogP contribution is 2.35. The second-order valence-electron chi connectivity index (χ2n) is 9.40. The summed E-state index contributed by atoms with van der Waals surface area (Å²) in [6.07, 6.45) is 1.55. The van der Waals surface area contributed by atoms with E-state index in [2.05, 4.69) is 21.0 Å². The molecule has 0 aliphatic carbocycles. The number of para-hydroxylation sites is 1. The highest BCUT2D eigenvalue weighted by molar-refractivity contribution is 9.10. The number of halogens is 4. The Morgan fingerprint density at radius 2 is 1.77 bits per heavy atom. The van der Waals surface area contributed by atoms with Gasteiger partial charge in [-0.3, -0.25) is 4.79 Å². The van der Waals surface area contributed by atoms with E-state index in [4.69, 9.17) is 53.7 Å². The van der Waals surface area contributed by atoms with Gasteiger partial charge in [-0.1, -0.05) is 53.0 Å². The summed E-state index contributed by atoms with van der Waals surface area (Å²) >= 11 is 22.0. The maximum Gasteiger partial charge on any atom is 0.282 e. The number of ether oxygens (including phenoxy) is 2. The van der Waals surface area contributed by atoms with Crippen LogP contribution in [0.4, 0.5) is 0 Å². The molecule has 0 fully saturated rings. The Hall–Kier alpha value is -3.82. The van der Waals surface area contributed by atoms with Crippen molar-refractivity contribution >= 4 is 78.8 Å². The lowest BCUT2D eigenvalue weighted by Crippen LogP contribution is -2.20.